The summed E-state index contributed by atoms with van der Waals surface area (Å²) in [7, 11) is 0. The van der Waals surface area contributed by atoms with Crippen LogP contribution < -0.4 is 5.32 Å². The molecule has 1 N–H and O–H groups in total. The lowest BCUT2D eigenvalue weighted by Gasteiger charge is -2.05. The molecule has 0 saturated heterocycles. The van der Waals surface area contributed by atoms with Gasteiger partial charge in [-0.05, 0) is 13.3 Å². The van der Waals surface area contributed by atoms with E-state index in [1.54, 1.807) is 13.1 Å². The first-order valence-corrected chi connectivity index (χ1v) is 4.25. The minimum absolute atomic E-state index is 0.499. The van der Waals surface area contributed by atoms with Gasteiger partial charge < -0.3 is 5.32 Å². The minimum atomic E-state index is 0.499. The smallest absolute Gasteiger partial charge is 0.147 e. The lowest BCUT2D eigenvalue weighted by atomic mass is 10.3. The zero-order chi connectivity index (χ0) is 9.68. The minimum Gasteiger partial charge on any atom is -0.369 e. The fourth-order valence-corrected chi connectivity index (χ4v) is 0.930. The first kappa shape index (κ1) is 9.46. The van der Waals surface area contributed by atoms with Crippen molar-refractivity contribution in [3.05, 3.63) is 17.6 Å². The number of hydrogen-bond donors (Lipinski definition) is 1. The average Bonchev–Trinajstić information content (AvgIpc) is 2.15. The van der Waals surface area contributed by atoms with Crippen molar-refractivity contribution in [1.82, 2.24) is 9.97 Å². The number of anilines is 1. The molecule has 1 heterocycles. The van der Waals surface area contributed by atoms with Crippen molar-refractivity contribution in [2.24, 2.45) is 0 Å². The Bertz CT molecular complexity index is 327. The Morgan fingerprint density at radius 3 is 3.00 bits per heavy atom. The van der Waals surface area contributed by atoms with Gasteiger partial charge in [0.05, 0.1) is 6.20 Å². The Balaban J connectivity index is 2.89. The number of hydrogen-bond acceptors (Lipinski definition) is 4. The lowest BCUT2D eigenvalue weighted by molar-refractivity contribution is 0.951. The van der Waals surface area contributed by atoms with Crippen molar-refractivity contribution in [1.29, 1.82) is 5.26 Å². The van der Waals surface area contributed by atoms with Gasteiger partial charge in [0.15, 0.2) is 0 Å². The van der Waals surface area contributed by atoms with Gasteiger partial charge in [-0.15, -0.1) is 0 Å². The number of nitriles is 1. The zero-order valence-electron chi connectivity index (χ0n) is 7.83. The summed E-state index contributed by atoms with van der Waals surface area (Å²) < 4.78 is 0. The van der Waals surface area contributed by atoms with Crippen molar-refractivity contribution in [3.8, 4) is 6.07 Å². The molecule has 0 radical (unpaired) electrons. The standard InChI is InChI=1S/C9H12N4/c1-3-4-11-9-8(5-10)6-12-7(2)13-9/h6H,3-4H2,1-2H3,(H,11,12,13). The molecule has 68 valence electrons. The van der Waals surface area contributed by atoms with E-state index in [-0.39, 0.29) is 0 Å². The summed E-state index contributed by atoms with van der Waals surface area (Å²) in [5.41, 5.74) is 0.499. The van der Waals surface area contributed by atoms with E-state index in [9.17, 15) is 0 Å². The normalized spacial score (nSPS) is 9.31. The monoisotopic (exact) mass is 176 g/mol. The first-order valence-electron chi connectivity index (χ1n) is 4.25. The van der Waals surface area contributed by atoms with Crippen LogP contribution in [0.25, 0.3) is 0 Å². The maximum absolute atomic E-state index is 8.74. The number of aromatic nitrogens is 2. The summed E-state index contributed by atoms with van der Waals surface area (Å²) in [4.78, 5) is 8.08. The highest BCUT2D eigenvalue weighted by Crippen LogP contribution is 2.09. The van der Waals surface area contributed by atoms with Gasteiger partial charge >= 0.3 is 0 Å². The summed E-state index contributed by atoms with van der Waals surface area (Å²) in [6, 6.07) is 2.04. The van der Waals surface area contributed by atoms with Crippen molar-refractivity contribution in [2.75, 3.05) is 11.9 Å². The molecule has 1 aromatic heterocycles. The number of aryl methyl sites for hydroxylation is 1. The Morgan fingerprint density at radius 1 is 1.62 bits per heavy atom. The van der Waals surface area contributed by atoms with Crippen molar-refractivity contribution < 1.29 is 0 Å². The number of nitrogens with zero attached hydrogens (tertiary/aromatic N) is 3. The van der Waals surface area contributed by atoms with Crippen LogP contribution in [0, 0.1) is 18.3 Å². The summed E-state index contributed by atoms with van der Waals surface area (Å²) >= 11 is 0. The Hall–Kier alpha value is -1.63. The van der Waals surface area contributed by atoms with E-state index in [4.69, 9.17) is 5.26 Å². The van der Waals surface area contributed by atoms with Gasteiger partial charge in [0, 0.05) is 6.54 Å². The molecular formula is C9H12N4. The molecule has 0 aliphatic rings. The van der Waals surface area contributed by atoms with Crippen LogP contribution in [-0.4, -0.2) is 16.5 Å². The average molecular weight is 176 g/mol. The van der Waals surface area contributed by atoms with E-state index >= 15 is 0 Å². The topological polar surface area (TPSA) is 61.6 Å². The molecule has 13 heavy (non-hydrogen) atoms. The zero-order valence-corrected chi connectivity index (χ0v) is 7.83. The van der Waals surface area contributed by atoms with Gasteiger partial charge in [0.25, 0.3) is 0 Å². The predicted octanol–water partition coefficient (Wildman–Crippen LogP) is 1.48. The summed E-state index contributed by atoms with van der Waals surface area (Å²) in [5, 5.41) is 11.8. The molecule has 0 aliphatic heterocycles. The molecule has 0 spiro atoms. The van der Waals surface area contributed by atoms with Gasteiger partial charge in [-0.3, -0.25) is 0 Å². The van der Waals surface area contributed by atoms with E-state index in [1.807, 2.05) is 6.07 Å². The third kappa shape index (κ3) is 2.41. The second kappa shape index (κ2) is 4.41. The molecular weight excluding hydrogens is 164 g/mol. The van der Waals surface area contributed by atoms with Gasteiger partial charge in [-0.1, -0.05) is 6.92 Å². The fraction of sp³-hybridized carbons (Fsp3) is 0.444. The van der Waals surface area contributed by atoms with E-state index in [0.717, 1.165) is 13.0 Å². The second-order valence-electron chi connectivity index (χ2n) is 2.72. The molecule has 0 aromatic carbocycles. The molecule has 0 saturated carbocycles. The van der Waals surface area contributed by atoms with E-state index in [0.29, 0.717) is 17.2 Å². The molecule has 4 nitrogen and oxygen atoms in total. The summed E-state index contributed by atoms with van der Waals surface area (Å²) in [5.74, 6) is 1.31. The highest BCUT2D eigenvalue weighted by molar-refractivity contribution is 5.50. The Labute approximate surface area is 77.6 Å². The maximum Gasteiger partial charge on any atom is 0.147 e. The quantitative estimate of drug-likeness (QED) is 0.757. The molecule has 0 amide bonds. The van der Waals surface area contributed by atoms with Gasteiger partial charge in [0.2, 0.25) is 0 Å². The van der Waals surface area contributed by atoms with Crippen molar-refractivity contribution >= 4 is 5.82 Å². The van der Waals surface area contributed by atoms with Crippen LogP contribution in [0.1, 0.15) is 24.7 Å². The van der Waals surface area contributed by atoms with Crippen LogP contribution in [0.2, 0.25) is 0 Å². The SMILES string of the molecule is CCCNc1nc(C)ncc1C#N. The largest absolute Gasteiger partial charge is 0.369 e. The number of rotatable bonds is 3. The van der Waals surface area contributed by atoms with Gasteiger partial charge in [0.1, 0.15) is 23.3 Å². The summed E-state index contributed by atoms with van der Waals surface area (Å²) in [6.07, 6.45) is 2.55. The predicted molar refractivity (Wildman–Crippen MR) is 50.3 cm³/mol. The van der Waals surface area contributed by atoms with Gasteiger partial charge in [-0.2, -0.15) is 5.26 Å². The third-order valence-corrected chi connectivity index (χ3v) is 1.57. The van der Waals surface area contributed by atoms with Gasteiger partial charge in [-0.25, -0.2) is 9.97 Å². The molecule has 1 rings (SSSR count). The second-order valence-corrected chi connectivity index (χ2v) is 2.72. The van der Waals surface area contributed by atoms with E-state index in [1.165, 1.54) is 0 Å². The van der Waals surface area contributed by atoms with Crippen LogP contribution in [-0.2, 0) is 0 Å². The van der Waals surface area contributed by atoms with E-state index in [2.05, 4.69) is 22.2 Å². The first-order chi connectivity index (χ1) is 6.27. The van der Waals surface area contributed by atoms with Crippen molar-refractivity contribution in [3.63, 3.8) is 0 Å². The van der Waals surface area contributed by atoms with Crippen LogP contribution >= 0.6 is 0 Å². The van der Waals surface area contributed by atoms with Crippen molar-refractivity contribution in [2.45, 2.75) is 20.3 Å². The highest BCUT2D eigenvalue weighted by Gasteiger charge is 2.02. The number of nitrogens with one attached hydrogen (secondary N) is 1. The molecule has 4 heteroatoms. The lowest BCUT2D eigenvalue weighted by Crippen LogP contribution is -2.05. The molecule has 0 atom stereocenters. The van der Waals surface area contributed by atoms with E-state index < -0.39 is 0 Å². The maximum atomic E-state index is 8.74. The molecule has 0 bridgehead atoms. The fourth-order valence-electron chi connectivity index (χ4n) is 0.930. The Kier molecular flexibility index (Phi) is 3.21. The van der Waals surface area contributed by atoms with Crippen LogP contribution in [0.3, 0.4) is 0 Å². The van der Waals surface area contributed by atoms with Crippen LogP contribution in [0.5, 0.6) is 0 Å². The molecule has 0 fully saturated rings. The molecule has 1 aromatic rings. The van der Waals surface area contributed by atoms with Crippen LogP contribution in [0.4, 0.5) is 5.82 Å². The third-order valence-electron chi connectivity index (χ3n) is 1.57. The van der Waals surface area contributed by atoms with Crippen LogP contribution in [0.15, 0.2) is 6.20 Å². The highest BCUT2D eigenvalue weighted by atomic mass is 15.0. The molecule has 0 aliphatic carbocycles. The summed E-state index contributed by atoms with van der Waals surface area (Å²) in [6.45, 7) is 4.69. The molecule has 0 unspecified atom stereocenters. The Morgan fingerprint density at radius 2 is 2.38 bits per heavy atom.